The first-order valence-corrected chi connectivity index (χ1v) is 14.0. The van der Waals surface area contributed by atoms with Gasteiger partial charge in [0.2, 0.25) is 0 Å². The Morgan fingerprint density at radius 2 is 1.95 bits per heavy atom. The van der Waals surface area contributed by atoms with Gasteiger partial charge in [0.15, 0.2) is 6.10 Å². The van der Waals surface area contributed by atoms with Gasteiger partial charge in [0.1, 0.15) is 6.10 Å². The van der Waals surface area contributed by atoms with Crippen molar-refractivity contribution in [2.45, 2.75) is 44.6 Å². The number of aliphatic imine (C=N–C) groups is 1. The van der Waals surface area contributed by atoms with Crippen LogP contribution in [0.5, 0.6) is 0 Å². The molecule has 1 aromatic heterocycles. The zero-order valence-electron chi connectivity index (χ0n) is 24.9. The number of nitrogens with zero attached hydrogens (tertiary/aromatic N) is 4. The molecule has 1 aromatic carbocycles. The quantitative estimate of drug-likeness (QED) is 0.0798. The number of aliphatic hydroxyl groups excluding tert-OH is 3. The van der Waals surface area contributed by atoms with Gasteiger partial charge in [-0.2, -0.15) is 0 Å². The summed E-state index contributed by atoms with van der Waals surface area (Å²) in [5.74, 6) is 5.86. The third kappa shape index (κ3) is 12.1. The number of anilines is 1. The number of pyridine rings is 1. The molecule has 2 aromatic rings. The Morgan fingerprint density at radius 1 is 1.21 bits per heavy atom. The van der Waals surface area contributed by atoms with Gasteiger partial charge in [-0.25, -0.2) is 5.84 Å². The molecule has 12 nitrogen and oxygen atoms in total. The first kappa shape index (κ1) is 35.3. The van der Waals surface area contributed by atoms with E-state index in [-0.39, 0.29) is 6.61 Å². The van der Waals surface area contributed by atoms with Crippen LogP contribution in [-0.2, 0) is 22.5 Å². The van der Waals surface area contributed by atoms with Crippen molar-refractivity contribution in [3.8, 4) is 0 Å². The third-order valence-electron chi connectivity index (χ3n) is 6.43. The highest BCUT2D eigenvalue weighted by atomic mass is 16.5. The number of rotatable bonds is 14. The van der Waals surface area contributed by atoms with E-state index in [9.17, 15) is 15.0 Å². The first-order valence-electron chi connectivity index (χ1n) is 14.0. The molecule has 1 aliphatic rings. The number of nitrogens with one attached hydrogen (secondary N) is 1. The van der Waals surface area contributed by atoms with Crippen molar-refractivity contribution >= 4 is 17.8 Å². The zero-order valence-corrected chi connectivity index (χ0v) is 24.9. The molecule has 0 radical (unpaired) electrons. The van der Waals surface area contributed by atoms with Crippen molar-refractivity contribution in [3.63, 3.8) is 0 Å². The van der Waals surface area contributed by atoms with Crippen LogP contribution in [0.15, 0.2) is 90.0 Å². The number of ether oxygens (including phenoxy) is 1. The van der Waals surface area contributed by atoms with Gasteiger partial charge in [-0.1, -0.05) is 30.9 Å². The fourth-order valence-electron chi connectivity index (χ4n) is 4.39. The average Bonchev–Trinajstić information content (AvgIpc) is 3.00. The summed E-state index contributed by atoms with van der Waals surface area (Å²) < 4.78 is 5.32. The largest absolute Gasteiger partial charge is 0.400 e. The summed E-state index contributed by atoms with van der Waals surface area (Å²) in [4.78, 5) is 23.3. The van der Waals surface area contributed by atoms with E-state index in [1.165, 1.54) is 5.01 Å². The number of nitrogens with two attached hydrogens (primary N) is 2. The second kappa shape index (κ2) is 19.3. The third-order valence-corrected chi connectivity index (χ3v) is 6.43. The van der Waals surface area contributed by atoms with E-state index in [1.54, 1.807) is 24.7 Å². The van der Waals surface area contributed by atoms with Crippen molar-refractivity contribution in [3.05, 3.63) is 96.2 Å². The van der Waals surface area contributed by atoms with Crippen LogP contribution in [0.2, 0.25) is 0 Å². The number of benzene rings is 1. The molecule has 1 amide bonds. The van der Waals surface area contributed by atoms with E-state index in [0.29, 0.717) is 44.7 Å². The highest BCUT2D eigenvalue weighted by Crippen LogP contribution is 2.16. The topological polar surface area (TPSA) is 183 Å². The molecule has 0 spiro atoms. The van der Waals surface area contributed by atoms with Crippen LogP contribution < -0.4 is 21.9 Å². The van der Waals surface area contributed by atoms with Crippen LogP contribution in [0.3, 0.4) is 0 Å². The molecule has 12 heteroatoms. The Morgan fingerprint density at radius 3 is 2.60 bits per heavy atom. The van der Waals surface area contributed by atoms with E-state index >= 15 is 0 Å². The standard InChI is InChI=1S/C30H41N7O4.CH4O/c1-3-7-24(33-4-2)20-36(21-25-8-5-6-15-34-25)18-23(31)19-37(32)26-11-9-22(10-12-26)13-16-35-30(40)29-28(39)27(38)14-17-41-29;1-2/h3-12,15,19,27-29,38-39H,1,13-14,16-18,20-21,31-32H2,2H3,(H,35,40);2H,1H3/b23-19-,24-7-,33-4?;/t27-,28-,29+;/m1./s1. The molecule has 3 rings (SSSR count). The van der Waals surface area contributed by atoms with Crippen molar-refractivity contribution in [1.29, 1.82) is 0 Å². The predicted molar refractivity (Wildman–Crippen MR) is 169 cm³/mol. The lowest BCUT2D eigenvalue weighted by Crippen LogP contribution is -2.52. The minimum atomic E-state index is -1.23. The Kier molecular flexibility index (Phi) is 15.8. The van der Waals surface area contributed by atoms with Crippen molar-refractivity contribution < 1.29 is 24.9 Å². The van der Waals surface area contributed by atoms with E-state index < -0.39 is 24.2 Å². The Labute approximate surface area is 253 Å². The number of hydrazine groups is 1. The van der Waals surface area contributed by atoms with E-state index in [4.69, 9.17) is 21.4 Å². The normalized spacial score (nSPS) is 19.1. The number of hydrogen-bond donors (Lipinski definition) is 6. The number of carbonyl (C=O) groups excluding carboxylic acids is 1. The number of aromatic nitrogens is 1. The summed E-state index contributed by atoms with van der Waals surface area (Å²) in [6.07, 6.45) is 6.40. The minimum Gasteiger partial charge on any atom is -0.400 e. The maximum atomic E-state index is 12.3. The van der Waals surface area contributed by atoms with Crippen molar-refractivity contribution in [2.24, 2.45) is 16.6 Å². The van der Waals surface area contributed by atoms with Crippen LogP contribution >= 0.6 is 0 Å². The SMILES string of the molecule is C=C/C=C(/CN(C/C(N)=C/N(N)c1ccc(CCNC(=O)[C@H]2OCC[C@@H](O)[C@H]2O)cc1)Cc1ccccn1)N=CC.CO. The highest BCUT2D eigenvalue weighted by molar-refractivity contribution is 5.81. The monoisotopic (exact) mass is 595 g/mol. The summed E-state index contributed by atoms with van der Waals surface area (Å²) >= 11 is 0. The first-order chi connectivity index (χ1) is 20.8. The van der Waals surface area contributed by atoms with Crippen LogP contribution in [0, 0.1) is 0 Å². The molecule has 1 saturated heterocycles. The number of carbonyl (C=O) groups is 1. The second-order valence-corrected chi connectivity index (χ2v) is 9.70. The van der Waals surface area contributed by atoms with Gasteiger partial charge in [-0.3, -0.25) is 24.7 Å². The fraction of sp³-hybridized carbons (Fsp3) is 0.387. The van der Waals surface area contributed by atoms with E-state index in [2.05, 4.69) is 26.8 Å². The Balaban J connectivity index is 0.00000316. The van der Waals surface area contributed by atoms with Crippen LogP contribution in [0.25, 0.3) is 0 Å². The van der Waals surface area contributed by atoms with Gasteiger partial charge >= 0.3 is 0 Å². The lowest BCUT2D eigenvalue weighted by Gasteiger charge is -2.30. The molecule has 0 saturated carbocycles. The molecule has 0 aliphatic carbocycles. The van der Waals surface area contributed by atoms with Gasteiger partial charge in [-0.15, -0.1) is 0 Å². The molecule has 3 atom stereocenters. The van der Waals surface area contributed by atoms with Gasteiger partial charge in [0, 0.05) is 57.6 Å². The highest BCUT2D eigenvalue weighted by Gasteiger charge is 2.36. The van der Waals surface area contributed by atoms with E-state index in [1.807, 2.05) is 55.5 Å². The summed E-state index contributed by atoms with van der Waals surface area (Å²) in [6, 6.07) is 13.4. The number of amides is 1. The molecular weight excluding hydrogens is 550 g/mol. The summed E-state index contributed by atoms with van der Waals surface area (Å²) in [6.45, 7) is 7.79. The van der Waals surface area contributed by atoms with Crippen LogP contribution in [0.4, 0.5) is 5.69 Å². The lowest BCUT2D eigenvalue weighted by atomic mass is 10.0. The zero-order chi connectivity index (χ0) is 31.6. The summed E-state index contributed by atoms with van der Waals surface area (Å²) in [5.41, 5.74) is 10.5. The number of aliphatic hydroxyl groups is 3. The number of hydrogen-bond acceptors (Lipinski definition) is 11. The summed E-state index contributed by atoms with van der Waals surface area (Å²) in [5, 5.41) is 31.0. The Hall–Kier alpha value is -3.91. The van der Waals surface area contributed by atoms with Crippen molar-refractivity contribution in [2.75, 3.05) is 38.4 Å². The van der Waals surface area contributed by atoms with Gasteiger partial charge < -0.3 is 31.1 Å². The molecule has 1 aliphatic heterocycles. The van der Waals surface area contributed by atoms with Crippen LogP contribution in [-0.4, -0.2) is 89.0 Å². The minimum absolute atomic E-state index is 0.232. The van der Waals surface area contributed by atoms with Gasteiger partial charge in [0.25, 0.3) is 5.91 Å². The van der Waals surface area contributed by atoms with Gasteiger partial charge in [0.05, 0.1) is 29.8 Å². The van der Waals surface area contributed by atoms with Crippen LogP contribution in [0.1, 0.15) is 24.6 Å². The fourth-order valence-corrected chi connectivity index (χ4v) is 4.39. The number of allylic oxidation sites excluding steroid dienone is 2. The smallest absolute Gasteiger partial charge is 0.251 e. The molecule has 8 N–H and O–H groups in total. The molecule has 0 unspecified atom stereocenters. The average molecular weight is 596 g/mol. The van der Waals surface area contributed by atoms with Crippen molar-refractivity contribution in [1.82, 2.24) is 15.2 Å². The van der Waals surface area contributed by atoms with Gasteiger partial charge in [-0.05, 0) is 55.7 Å². The maximum absolute atomic E-state index is 12.3. The molecule has 0 bridgehead atoms. The molecule has 43 heavy (non-hydrogen) atoms. The van der Waals surface area contributed by atoms with E-state index in [0.717, 1.165) is 29.8 Å². The second-order valence-electron chi connectivity index (χ2n) is 9.70. The molecule has 234 valence electrons. The molecular formula is C31H45N7O5. The maximum Gasteiger partial charge on any atom is 0.251 e. The lowest BCUT2D eigenvalue weighted by molar-refractivity contribution is -0.162. The predicted octanol–water partition coefficient (Wildman–Crippen LogP) is 1.00. The summed E-state index contributed by atoms with van der Waals surface area (Å²) in [7, 11) is 1.00. The molecule has 2 heterocycles. The Bertz CT molecular complexity index is 1200. The molecule has 1 fully saturated rings.